The number of halogens is 1. The van der Waals surface area contributed by atoms with Crippen LogP contribution in [-0.4, -0.2) is 37.5 Å². The summed E-state index contributed by atoms with van der Waals surface area (Å²) < 4.78 is 24.0. The quantitative estimate of drug-likeness (QED) is 0.843. The lowest BCUT2D eigenvalue weighted by Crippen LogP contribution is -2.39. The molecule has 1 aromatic rings. The average molecular weight is 226 g/mol. The first-order valence-corrected chi connectivity index (χ1v) is 5.23. The highest BCUT2D eigenvalue weighted by Gasteiger charge is 2.34. The van der Waals surface area contributed by atoms with Crippen molar-refractivity contribution >= 4 is 5.82 Å². The number of rotatable bonds is 4. The van der Waals surface area contributed by atoms with Gasteiger partial charge in [-0.2, -0.15) is 0 Å². The molecule has 0 radical (unpaired) electrons. The van der Waals surface area contributed by atoms with Crippen molar-refractivity contribution in [2.24, 2.45) is 0 Å². The lowest BCUT2D eigenvalue weighted by Gasteiger charge is -2.26. The van der Waals surface area contributed by atoms with Crippen molar-refractivity contribution in [2.75, 3.05) is 32.2 Å². The Morgan fingerprint density at radius 3 is 3.19 bits per heavy atom. The van der Waals surface area contributed by atoms with E-state index in [1.165, 1.54) is 6.07 Å². The summed E-state index contributed by atoms with van der Waals surface area (Å²) in [7, 11) is 1.64. The van der Waals surface area contributed by atoms with E-state index in [1.54, 1.807) is 19.4 Å². The second kappa shape index (κ2) is 4.76. The minimum atomic E-state index is -0.357. The van der Waals surface area contributed by atoms with Crippen molar-refractivity contribution in [2.45, 2.75) is 12.0 Å². The fraction of sp³-hybridized carbons (Fsp3) is 0.545. The van der Waals surface area contributed by atoms with Gasteiger partial charge in [-0.25, -0.2) is 9.37 Å². The third kappa shape index (κ3) is 2.31. The molecule has 0 aliphatic carbocycles. The highest BCUT2D eigenvalue weighted by Crippen LogP contribution is 2.23. The number of aromatic nitrogens is 1. The highest BCUT2D eigenvalue weighted by molar-refractivity contribution is 5.36. The van der Waals surface area contributed by atoms with E-state index in [2.05, 4.69) is 10.3 Å². The van der Waals surface area contributed by atoms with Gasteiger partial charge < -0.3 is 14.8 Å². The zero-order valence-electron chi connectivity index (χ0n) is 9.20. The van der Waals surface area contributed by atoms with Crippen LogP contribution in [0.15, 0.2) is 18.3 Å². The average Bonchev–Trinajstić information content (AvgIpc) is 2.78. The van der Waals surface area contributed by atoms with E-state index in [4.69, 9.17) is 9.47 Å². The van der Waals surface area contributed by atoms with E-state index in [9.17, 15) is 4.39 Å². The van der Waals surface area contributed by atoms with E-state index in [1.807, 2.05) is 0 Å². The van der Waals surface area contributed by atoms with Crippen molar-refractivity contribution < 1.29 is 13.9 Å². The number of hydrogen-bond donors (Lipinski definition) is 1. The molecule has 4 nitrogen and oxygen atoms in total. The molecule has 0 aromatic carbocycles. The van der Waals surface area contributed by atoms with E-state index in [0.29, 0.717) is 19.8 Å². The van der Waals surface area contributed by atoms with Gasteiger partial charge in [-0.1, -0.05) is 0 Å². The number of pyridine rings is 1. The Hall–Kier alpha value is -1.20. The smallest absolute Gasteiger partial charge is 0.165 e. The SMILES string of the molecule is COC1(CNc2ncccc2F)CCOC1. The predicted molar refractivity (Wildman–Crippen MR) is 57.9 cm³/mol. The summed E-state index contributed by atoms with van der Waals surface area (Å²) in [5.41, 5.74) is -0.357. The molecule has 1 aliphatic rings. The van der Waals surface area contributed by atoms with Gasteiger partial charge in [0.1, 0.15) is 5.60 Å². The molecule has 1 aromatic heterocycles. The monoisotopic (exact) mass is 226 g/mol. The number of anilines is 1. The summed E-state index contributed by atoms with van der Waals surface area (Å²) >= 11 is 0. The highest BCUT2D eigenvalue weighted by atomic mass is 19.1. The summed E-state index contributed by atoms with van der Waals surface area (Å²) in [5, 5.41) is 2.96. The molecule has 88 valence electrons. The van der Waals surface area contributed by atoms with Gasteiger partial charge in [0.2, 0.25) is 0 Å². The number of nitrogens with zero attached hydrogens (tertiary/aromatic N) is 1. The van der Waals surface area contributed by atoms with Crippen molar-refractivity contribution in [1.29, 1.82) is 0 Å². The van der Waals surface area contributed by atoms with Crippen LogP contribution in [0, 0.1) is 5.82 Å². The summed E-state index contributed by atoms with van der Waals surface area (Å²) in [4.78, 5) is 3.92. The predicted octanol–water partition coefficient (Wildman–Crippen LogP) is 1.44. The minimum absolute atomic E-state index is 0.255. The first-order chi connectivity index (χ1) is 7.76. The standard InChI is InChI=1S/C11H15FN2O2/c1-15-11(4-6-16-8-11)7-14-10-9(12)3-2-5-13-10/h2-3,5H,4,6-8H2,1H3,(H,13,14). The summed E-state index contributed by atoms with van der Waals surface area (Å²) in [6.45, 7) is 1.71. The van der Waals surface area contributed by atoms with Crippen LogP contribution in [0.3, 0.4) is 0 Å². The molecule has 1 unspecified atom stereocenters. The lowest BCUT2D eigenvalue weighted by molar-refractivity contribution is -0.00629. The van der Waals surface area contributed by atoms with Crippen LogP contribution in [0.25, 0.3) is 0 Å². The molecule has 1 atom stereocenters. The topological polar surface area (TPSA) is 43.4 Å². The number of nitrogens with one attached hydrogen (secondary N) is 1. The fourth-order valence-corrected chi connectivity index (χ4v) is 1.72. The normalized spacial score (nSPS) is 24.6. The van der Waals surface area contributed by atoms with Gasteiger partial charge in [-0.3, -0.25) is 0 Å². The van der Waals surface area contributed by atoms with Crippen LogP contribution >= 0.6 is 0 Å². The van der Waals surface area contributed by atoms with Gasteiger partial charge in [0.05, 0.1) is 6.61 Å². The van der Waals surface area contributed by atoms with Crippen molar-refractivity contribution in [3.63, 3.8) is 0 Å². The van der Waals surface area contributed by atoms with Crippen LogP contribution in [0.5, 0.6) is 0 Å². The maximum Gasteiger partial charge on any atom is 0.165 e. The van der Waals surface area contributed by atoms with Crippen LogP contribution in [0.2, 0.25) is 0 Å². The molecule has 2 rings (SSSR count). The fourth-order valence-electron chi connectivity index (χ4n) is 1.72. The summed E-state index contributed by atoms with van der Waals surface area (Å²) in [6, 6.07) is 2.94. The van der Waals surface area contributed by atoms with Gasteiger partial charge >= 0.3 is 0 Å². The number of ether oxygens (including phenoxy) is 2. The molecule has 1 N–H and O–H groups in total. The second-order valence-electron chi connectivity index (χ2n) is 3.88. The Balaban J connectivity index is 1.98. The molecule has 0 saturated carbocycles. The number of hydrogen-bond acceptors (Lipinski definition) is 4. The van der Waals surface area contributed by atoms with Gasteiger partial charge in [-0.05, 0) is 12.1 Å². The summed E-state index contributed by atoms with van der Waals surface area (Å²) in [5.74, 6) is -0.0986. The Labute approximate surface area is 93.8 Å². The Bertz CT molecular complexity index is 354. The molecule has 0 bridgehead atoms. The van der Waals surface area contributed by atoms with Crippen LogP contribution in [0.4, 0.5) is 10.2 Å². The molecule has 16 heavy (non-hydrogen) atoms. The molecule has 1 saturated heterocycles. The van der Waals surface area contributed by atoms with Gasteiger partial charge in [0, 0.05) is 32.9 Å². The first-order valence-electron chi connectivity index (χ1n) is 5.23. The zero-order valence-corrected chi connectivity index (χ0v) is 9.20. The Kier molecular flexibility index (Phi) is 3.36. The molecule has 5 heteroatoms. The zero-order chi connectivity index (χ0) is 11.4. The number of methoxy groups -OCH3 is 1. The third-order valence-electron chi connectivity index (χ3n) is 2.84. The maximum absolute atomic E-state index is 13.3. The minimum Gasteiger partial charge on any atom is -0.378 e. The molecular weight excluding hydrogens is 211 g/mol. The van der Waals surface area contributed by atoms with E-state index in [0.717, 1.165) is 6.42 Å². The van der Waals surface area contributed by atoms with Gasteiger partial charge in [-0.15, -0.1) is 0 Å². The van der Waals surface area contributed by atoms with Crippen molar-refractivity contribution in [3.05, 3.63) is 24.1 Å². The first kappa shape index (κ1) is 11.3. The van der Waals surface area contributed by atoms with E-state index >= 15 is 0 Å². The molecule has 1 aliphatic heterocycles. The van der Waals surface area contributed by atoms with Crippen molar-refractivity contribution in [3.8, 4) is 0 Å². The van der Waals surface area contributed by atoms with Gasteiger partial charge in [0.25, 0.3) is 0 Å². The molecular formula is C11H15FN2O2. The van der Waals surface area contributed by atoms with E-state index < -0.39 is 0 Å². The second-order valence-corrected chi connectivity index (χ2v) is 3.88. The van der Waals surface area contributed by atoms with Gasteiger partial charge in [0.15, 0.2) is 11.6 Å². The molecule has 0 spiro atoms. The lowest BCUT2D eigenvalue weighted by atomic mass is 10.0. The Morgan fingerprint density at radius 2 is 2.56 bits per heavy atom. The Morgan fingerprint density at radius 1 is 1.69 bits per heavy atom. The third-order valence-corrected chi connectivity index (χ3v) is 2.84. The van der Waals surface area contributed by atoms with E-state index in [-0.39, 0.29) is 17.2 Å². The maximum atomic E-state index is 13.3. The van der Waals surface area contributed by atoms with Crippen LogP contribution in [0.1, 0.15) is 6.42 Å². The molecule has 1 fully saturated rings. The van der Waals surface area contributed by atoms with Crippen LogP contribution < -0.4 is 5.32 Å². The molecule has 2 heterocycles. The van der Waals surface area contributed by atoms with Crippen molar-refractivity contribution in [1.82, 2.24) is 4.98 Å². The summed E-state index contributed by atoms with van der Waals surface area (Å²) in [6.07, 6.45) is 2.36. The molecule has 0 amide bonds. The van der Waals surface area contributed by atoms with Crippen LogP contribution in [-0.2, 0) is 9.47 Å². The largest absolute Gasteiger partial charge is 0.378 e.